The van der Waals surface area contributed by atoms with Crippen LogP contribution in [0.5, 0.6) is 0 Å². The van der Waals surface area contributed by atoms with Crippen LogP contribution in [0.15, 0.2) is 0 Å². The summed E-state index contributed by atoms with van der Waals surface area (Å²) in [5.74, 6) is 5.15. The minimum atomic E-state index is 0.282. The molecule has 0 saturated heterocycles. The minimum absolute atomic E-state index is 0.282. The van der Waals surface area contributed by atoms with Gasteiger partial charge in [-0.15, -0.1) is 0 Å². The van der Waals surface area contributed by atoms with Crippen molar-refractivity contribution in [3.8, 4) is 0 Å². The Bertz CT molecular complexity index is 124. The van der Waals surface area contributed by atoms with Gasteiger partial charge in [0.15, 0.2) is 0 Å². The topological polar surface area (TPSA) is 50.1 Å². The van der Waals surface area contributed by atoms with E-state index in [4.69, 9.17) is 5.84 Å². The smallest absolute Gasteiger partial charge is 0.0587 e. The zero-order chi connectivity index (χ0) is 9.83. The maximum absolute atomic E-state index is 5.15. The first-order valence-corrected chi connectivity index (χ1v) is 4.45. The van der Waals surface area contributed by atoms with Gasteiger partial charge in [0.1, 0.15) is 0 Å². The predicted molar refractivity (Wildman–Crippen MR) is 53.4 cm³/mol. The SMILES string of the molecule is CC(C)(C)C(C)(C)CNCNN. The predicted octanol–water partition coefficient (Wildman–Crippen LogP) is 1.07. The van der Waals surface area contributed by atoms with E-state index in [0.717, 1.165) is 6.54 Å². The highest BCUT2D eigenvalue weighted by atomic mass is 15.3. The van der Waals surface area contributed by atoms with Crippen LogP contribution < -0.4 is 16.6 Å². The highest BCUT2D eigenvalue weighted by Gasteiger charge is 2.31. The molecule has 12 heavy (non-hydrogen) atoms. The van der Waals surface area contributed by atoms with Crippen molar-refractivity contribution in [2.24, 2.45) is 16.7 Å². The van der Waals surface area contributed by atoms with Crippen molar-refractivity contribution >= 4 is 0 Å². The van der Waals surface area contributed by atoms with Crippen molar-refractivity contribution in [2.45, 2.75) is 34.6 Å². The molecule has 0 spiro atoms. The zero-order valence-electron chi connectivity index (χ0n) is 8.99. The number of hydrazine groups is 1. The molecule has 74 valence electrons. The summed E-state index contributed by atoms with van der Waals surface area (Å²) in [7, 11) is 0. The number of nitrogens with two attached hydrogens (primary N) is 1. The summed E-state index contributed by atoms with van der Waals surface area (Å²) < 4.78 is 0. The molecule has 0 amide bonds. The van der Waals surface area contributed by atoms with Gasteiger partial charge in [-0.05, 0) is 10.8 Å². The summed E-state index contributed by atoms with van der Waals surface area (Å²) in [6.45, 7) is 12.9. The lowest BCUT2D eigenvalue weighted by atomic mass is 9.69. The molecular formula is C9H23N3. The van der Waals surface area contributed by atoms with Crippen LogP contribution in [-0.4, -0.2) is 13.2 Å². The number of hydrogen-bond acceptors (Lipinski definition) is 3. The molecule has 0 heterocycles. The molecule has 0 rings (SSSR count). The molecule has 0 fully saturated rings. The van der Waals surface area contributed by atoms with Crippen LogP contribution >= 0.6 is 0 Å². The van der Waals surface area contributed by atoms with Gasteiger partial charge in [0.2, 0.25) is 0 Å². The Hall–Kier alpha value is -0.120. The lowest BCUT2D eigenvalue weighted by Crippen LogP contribution is -2.43. The Morgan fingerprint density at radius 3 is 1.92 bits per heavy atom. The van der Waals surface area contributed by atoms with Gasteiger partial charge in [-0.3, -0.25) is 5.84 Å². The van der Waals surface area contributed by atoms with Crippen LogP contribution in [-0.2, 0) is 0 Å². The van der Waals surface area contributed by atoms with Crippen LogP contribution in [0.1, 0.15) is 34.6 Å². The number of nitrogens with one attached hydrogen (secondary N) is 2. The van der Waals surface area contributed by atoms with Crippen molar-refractivity contribution in [3.05, 3.63) is 0 Å². The first kappa shape index (κ1) is 11.9. The van der Waals surface area contributed by atoms with E-state index >= 15 is 0 Å². The fourth-order valence-corrected chi connectivity index (χ4v) is 0.712. The zero-order valence-corrected chi connectivity index (χ0v) is 8.99. The molecule has 0 aliphatic carbocycles. The molecule has 0 unspecified atom stereocenters. The summed E-state index contributed by atoms with van der Waals surface area (Å²) >= 11 is 0. The van der Waals surface area contributed by atoms with Crippen LogP contribution in [0.4, 0.5) is 0 Å². The highest BCUT2D eigenvalue weighted by molar-refractivity contribution is 4.83. The summed E-state index contributed by atoms with van der Waals surface area (Å²) in [6.07, 6.45) is 0. The standard InChI is InChI=1S/C9H23N3/c1-8(2,3)9(4,5)6-11-7-12-10/h11-12H,6-7,10H2,1-5H3. The minimum Gasteiger partial charge on any atom is -0.303 e. The quantitative estimate of drug-likeness (QED) is 0.258. The fraction of sp³-hybridized carbons (Fsp3) is 1.00. The highest BCUT2D eigenvalue weighted by Crippen LogP contribution is 2.36. The van der Waals surface area contributed by atoms with E-state index in [0.29, 0.717) is 12.1 Å². The molecule has 0 aromatic carbocycles. The molecule has 3 heteroatoms. The van der Waals surface area contributed by atoms with Gasteiger partial charge in [0, 0.05) is 6.54 Å². The van der Waals surface area contributed by atoms with Gasteiger partial charge in [0.25, 0.3) is 0 Å². The normalized spacial score (nSPS) is 13.5. The second-order valence-corrected chi connectivity index (χ2v) is 4.94. The largest absolute Gasteiger partial charge is 0.303 e. The van der Waals surface area contributed by atoms with Gasteiger partial charge in [-0.2, -0.15) is 0 Å². The lowest BCUT2D eigenvalue weighted by molar-refractivity contribution is 0.128. The van der Waals surface area contributed by atoms with Gasteiger partial charge >= 0.3 is 0 Å². The molecule has 0 bridgehead atoms. The third-order valence-corrected chi connectivity index (χ3v) is 2.82. The van der Waals surface area contributed by atoms with Crippen LogP contribution in [0.2, 0.25) is 0 Å². The molecule has 0 radical (unpaired) electrons. The van der Waals surface area contributed by atoms with Crippen LogP contribution in [0, 0.1) is 10.8 Å². The van der Waals surface area contributed by atoms with Crippen molar-refractivity contribution in [3.63, 3.8) is 0 Å². The molecule has 0 atom stereocenters. The van der Waals surface area contributed by atoms with Gasteiger partial charge in [-0.1, -0.05) is 34.6 Å². The Morgan fingerprint density at radius 2 is 1.58 bits per heavy atom. The Morgan fingerprint density at radius 1 is 1.08 bits per heavy atom. The average Bonchev–Trinajstić information content (AvgIpc) is 1.85. The molecule has 0 aromatic rings. The Kier molecular flexibility index (Phi) is 4.17. The molecule has 0 aliphatic rings. The van der Waals surface area contributed by atoms with Crippen molar-refractivity contribution in [1.29, 1.82) is 0 Å². The van der Waals surface area contributed by atoms with Gasteiger partial charge < -0.3 is 5.32 Å². The van der Waals surface area contributed by atoms with Crippen LogP contribution in [0.3, 0.4) is 0 Å². The monoisotopic (exact) mass is 173 g/mol. The Balaban J connectivity index is 3.88. The first-order valence-electron chi connectivity index (χ1n) is 4.45. The van der Waals surface area contributed by atoms with Crippen LogP contribution in [0.25, 0.3) is 0 Å². The maximum atomic E-state index is 5.15. The summed E-state index contributed by atoms with van der Waals surface area (Å²) in [6, 6.07) is 0. The summed E-state index contributed by atoms with van der Waals surface area (Å²) in [5, 5.41) is 3.25. The van der Waals surface area contributed by atoms with E-state index in [2.05, 4.69) is 45.4 Å². The van der Waals surface area contributed by atoms with Crippen molar-refractivity contribution in [1.82, 2.24) is 10.7 Å². The maximum Gasteiger partial charge on any atom is 0.0587 e. The third-order valence-electron chi connectivity index (χ3n) is 2.82. The van der Waals surface area contributed by atoms with Gasteiger partial charge in [-0.25, -0.2) is 5.43 Å². The second kappa shape index (κ2) is 4.21. The van der Waals surface area contributed by atoms with E-state index < -0.39 is 0 Å². The Labute approximate surface area is 76.1 Å². The van der Waals surface area contributed by atoms with E-state index in [1.165, 1.54) is 0 Å². The summed E-state index contributed by atoms with van der Waals surface area (Å²) in [4.78, 5) is 0. The molecule has 3 nitrogen and oxygen atoms in total. The lowest BCUT2D eigenvalue weighted by Gasteiger charge is -2.39. The molecule has 4 N–H and O–H groups in total. The fourth-order valence-electron chi connectivity index (χ4n) is 0.712. The van der Waals surface area contributed by atoms with E-state index in [1.807, 2.05) is 0 Å². The number of hydrogen-bond donors (Lipinski definition) is 3. The molecule has 0 aliphatic heterocycles. The van der Waals surface area contributed by atoms with Crippen molar-refractivity contribution < 1.29 is 0 Å². The second-order valence-electron chi connectivity index (χ2n) is 4.94. The summed E-state index contributed by atoms with van der Waals surface area (Å²) in [5.41, 5.74) is 3.18. The van der Waals surface area contributed by atoms with Gasteiger partial charge in [0.05, 0.1) is 6.67 Å². The third kappa shape index (κ3) is 3.52. The average molecular weight is 173 g/mol. The van der Waals surface area contributed by atoms with Crippen molar-refractivity contribution in [2.75, 3.05) is 13.2 Å². The molecule has 0 saturated carbocycles. The first-order chi connectivity index (χ1) is 5.31. The van der Waals surface area contributed by atoms with E-state index in [1.54, 1.807) is 0 Å². The van der Waals surface area contributed by atoms with E-state index in [-0.39, 0.29) is 5.41 Å². The van der Waals surface area contributed by atoms with E-state index in [9.17, 15) is 0 Å². The molecular weight excluding hydrogens is 150 g/mol. The number of rotatable bonds is 4. The molecule has 0 aromatic heterocycles.